The molecular formula is C11H16N4S. The third-order valence-corrected chi connectivity index (χ3v) is 3.74. The van der Waals surface area contributed by atoms with Crippen molar-refractivity contribution < 1.29 is 0 Å². The summed E-state index contributed by atoms with van der Waals surface area (Å²) in [5, 5.41) is 4.97. The molecule has 1 unspecified atom stereocenters. The van der Waals surface area contributed by atoms with Crippen molar-refractivity contribution in [1.29, 1.82) is 0 Å². The van der Waals surface area contributed by atoms with E-state index in [1.165, 1.54) is 6.42 Å². The maximum absolute atomic E-state index is 4.44. The Morgan fingerprint density at radius 3 is 2.94 bits per heavy atom. The van der Waals surface area contributed by atoms with E-state index in [9.17, 15) is 0 Å². The highest BCUT2D eigenvalue weighted by Gasteiger charge is 2.17. The Bertz CT molecular complexity index is 374. The number of thioether (sulfide) groups is 1. The highest BCUT2D eigenvalue weighted by Crippen LogP contribution is 2.21. The highest BCUT2D eigenvalue weighted by atomic mass is 32.2. The van der Waals surface area contributed by atoms with Gasteiger partial charge in [-0.1, -0.05) is 18.7 Å². The van der Waals surface area contributed by atoms with Gasteiger partial charge in [0.05, 0.1) is 30.7 Å². The van der Waals surface area contributed by atoms with Gasteiger partial charge in [-0.05, 0) is 13.3 Å². The fourth-order valence-electron chi connectivity index (χ4n) is 1.40. The van der Waals surface area contributed by atoms with Gasteiger partial charge in [-0.25, -0.2) is 0 Å². The Hall–Kier alpha value is -1.10. The monoisotopic (exact) mass is 236 g/mol. The summed E-state index contributed by atoms with van der Waals surface area (Å²) in [5.74, 6) is 0. The molecule has 0 bridgehead atoms. The predicted molar refractivity (Wildman–Crippen MR) is 67.6 cm³/mol. The molecule has 0 spiro atoms. The smallest absolute Gasteiger partial charge is 0.157 e. The normalized spacial score (nSPS) is 19.6. The van der Waals surface area contributed by atoms with E-state index in [1.54, 1.807) is 12.4 Å². The molecular weight excluding hydrogens is 220 g/mol. The van der Waals surface area contributed by atoms with E-state index in [0.29, 0.717) is 11.8 Å². The Labute approximate surface area is 100.0 Å². The van der Waals surface area contributed by atoms with E-state index >= 15 is 0 Å². The van der Waals surface area contributed by atoms with Crippen LogP contribution in [0.3, 0.4) is 0 Å². The zero-order valence-corrected chi connectivity index (χ0v) is 10.4. The van der Waals surface area contributed by atoms with Gasteiger partial charge in [0.1, 0.15) is 0 Å². The summed E-state index contributed by atoms with van der Waals surface area (Å²) < 4.78 is 0. The summed E-state index contributed by atoms with van der Waals surface area (Å²) in [4.78, 5) is 12.9. The molecule has 4 nitrogen and oxygen atoms in total. The first-order valence-electron chi connectivity index (χ1n) is 5.50. The molecule has 1 aromatic rings. The topological polar surface area (TPSA) is 50.2 Å². The van der Waals surface area contributed by atoms with Crippen LogP contribution in [0.5, 0.6) is 0 Å². The molecule has 1 aliphatic heterocycles. The quantitative estimate of drug-likeness (QED) is 0.868. The van der Waals surface area contributed by atoms with Gasteiger partial charge in [0.15, 0.2) is 5.17 Å². The third-order valence-electron chi connectivity index (χ3n) is 2.43. The van der Waals surface area contributed by atoms with Gasteiger partial charge < -0.3 is 5.32 Å². The third kappa shape index (κ3) is 2.95. The van der Waals surface area contributed by atoms with Gasteiger partial charge in [-0.15, -0.1) is 0 Å². The van der Waals surface area contributed by atoms with Crippen molar-refractivity contribution in [3.05, 3.63) is 23.8 Å². The first kappa shape index (κ1) is 11.4. The summed E-state index contributed by atoms with van der Waals surface area (Å²) in [5.41, 5.74) is 1.90. The minimum Gasteiger partial charge on any atom is -0.359 e. The van der Waals surface area contributed by atoms with E-state index in [2.05, 4.69) is 27.2 Å². The molecule has 1 atom stereocenters. The maximum Gasteiger partial charge on any atom is 0.157 e. The standard InChI is InChI=1S/C11H16N4S/c1-3-10-7-15-11(16-10)14-6-9-5-12-8(2)4-13-9/h4-5,10H,3,6-7H2,1-2H3,(H,14,15). The van der Waals surface area contributed by atoms with Gasteiger partial charge in [0.2, 0.25) is 0 Å². The molecule has 2 heterocycles. The average molecular weight is 236 g/mol. The summed E-state index contributed by atoms with van der Waals surface area (Å²) in [6.45, 7) is 5.77. The van der Waals surface area contributed by atoms with E-state index in [-0.39, 0.29) is 0 Å². The Balaban J connectivity index is 1.82. The van der Waals surface area contributed by atoms with Gasteiger partial charge in [-0.3, -0.25) is 15.0 Å². The number of aliphatic imine (C=N–C) groups is 1. The molecule has 1 aliphatic rings. The van der Waals surface area contributed by atoms with Crippen LogP contribution in [0, 0.1) is 6.92 Å². The van der Waals surface area contributed by atoms with Crippen molar-refractivity contribution in [1.82, 2.24) is 15.3 Å². The molecule has 0 saturated heterocycles. The van der Waals surface area contributed by atoms with E-state index in [1.807, 2.05) is 18.7 Å². The van der Waals surface area contributed by atoms with Gasteiger partial charge in [0.25, 0.3) is 0 Å². The number of hydrogen-bond acceptors (Lipinski definition) is 5. The van der Waals surface area contributed by atoms with Crippen molar-refractivity contribution in [2.75, 3.05) is 6.54 Å². The molecule has 0 fully saturated rings. The van der Waals surface area contributed by atoms with E-state index < -0.39 is 0 Å². The zero-order chi connectivity index (χ0) is 11.4. The molecule has 2 rings (SSSR count). The van der Waals surface area contributed by atoms with Crippen molar-refractivity contribution in [3.63, 3.8) is 0 Å². The second-order valence-corrected chi connectivity index (χ2v) is 5.09. The summed E-state index contributed by atoms with van der Waals surface area (Å²) in [6, 6.07) is 0. The van der Waals surface area contributed by atoms with Crippen LogP contribution in [0.4, 0.5) is 0 Å². The molecule has 0 aliphatic carbocycles. The summed E-state index contributed by atoms with van der Waals surface area (Å²) in [6.07, 6.45) is 4.76. The fourth-order valence-corrected chi connectivity index (χ4v) is 2.34. The number of amidine groups is 1. The second-order valence-electron chi connectivity index (χ2n) is 3.80. The zero-order valence-electron chi connectivity index (χ0n) is 9.60. The van der Waals surface area contributed by atoms with Crippen LogP contribution in [0.1, 0.15) is 24.7 Å². The van der Waals surface area contributed by atoms with E-state index in [4.69, 9.17) is 0 Å². The number of aromatic nitrogens is 2. The fraction of sp³-hybridized carbons (Fsp3) is 0.545. The minimum atomic E-state index is 0.645. The summed E-state index contributed by atoms with van der Waals surface area (Å²) >= 11 is 1.82. The summed E-state index contributed by atoms with van der Waals surface area (Å²) in [7, 11) is 0. The molecule has 5 heteroatoms. The second kappa shape index (κ2) is 5.30. The van der Waals surface area contributed by atoms with Crippen molar-refractivity contribution in [3.8, 4) is 0 Å². The van der Waals surface area contributed by atoms with Gasteiger partial charge in [0, 0.05) is 11.4 Å². The first-order chi connectivity index (χ1) is 7.78. The van der Waals surface area contributed by atoms with Crippen molar-refractivity contribution in [2.24, 2.45) is 4.99 Å². The van der Waals surface area contributed by atoms with Crippen LogP contribution in [0.2, 0.25) is 0 Å². The lowest BCUT2D eigenvalue weighted by molar-refractivity contribution is 0.834. The molecule has 0 radical (unpaired) electrons. The highest BCUT2D eigenvalue weighted by molar-refractivity contribution is 8.14. The van der Waals surface area contributed by atoms with Crippen molar-refractivity contribution >= 4 is 16.9 Å². The number of rotatable bonds is 3. The Morgan fingerprint density at radius 2 is 2.31 bits per heavy atom. The van der Waals surface area contributed by atoms with Crippen molar-refractivity contribution in [2.45, 2.75) is 32.1 Å². The number of nitrogens with zero attached hydrogens (tertiary/aromatic N) is 3. The molecule has 16 heavy (non-hydrogen) atoms. The van der Waals surface area contributed by atoms with Crippen LogP contribution in [0.15, 0.2) is 17.4 Å². The van der Waals surface area contributed by atoms with Gasteiger partial charge >= 0.3 is 0 Å². The number of aryl methyl sites for hydroxylation is 1. The largest absolute Gasteiger partial charge is 0.359 e. The van der Waals surface area contributed by atoms with Crippen LogP contribution in [-0.2, 0) is 6.54 Å². The SMILES string of the molecule is CCC1CN=C(NCc2cnc(C)cn2)S1. The molecule has 0 aromatic carbocycles. The lowest BCUT2D eigenvalue weighted by atomic mass is 10.3. The maximum atomic E-state index is 4.44. The molecule has 86 valence electrons. The molecule has 1 N–H and O–H groups in total. The lowest BCUT2D eigenvalue weighted by Crippen LogP contribution is -2.19. The average Bonchev–Trinajstić information content (AvgIpc) is 2.76. The first-order valence-corrected chi connectivity index (χ1v) is 6.38. The Kier molecular flexibility index (Phi) is 3.77. The molecule has 0 saturated carbocycles. The number of nitrogens with one attached hydrogen (secondary N) is 1. The van der Waals surface area contributed by atoms with Crippen LogP contribution in [-0.4, -0.2) is 26.9 Å². The lowest BCUT2D eigenvalue weighted by Gasteiger charge is -2.06. The van der Waals surface area contributed by atoms with Crippen LogP contribution in [0.25, 0.3) is 0 Å². The predicted octanol–water partition coefficient (Wildman–Crippen LogP) is 1.76. The van der Waals surface area contributed by atoms with E-state index in [0.717, 1.165) is 23.1 Å². The minimum absolute atomic E-state index is 0.645. The number of hydrogen-bond donors (Lipinski definition) is 1. The molecule has 1 aromatic heterocycles. The van der Waals surface area contributed by atoms with Crippen LogP contribution < -0.4 is 5.32 Å². The van der Waals surface area contributed by atoms with Crippen LogP contribution >= 0.6 is 11.8 Å². The Morgan fingerprint density at radius 1 is 1.44 bits per heavy atom. The van der Waals surface area contributed by atoms with Gasteiger partial charge in [-0.2, -0.15) is 0 Å². The molecule has 0 amide bonds.